The molecule has 0 radical (unpaired) electrons. The van der Waals surface area contributed by atoms with E-state index >= 15 is 0 Å². The van der Waals surface area contributed by atoms with Crippen molar-refractivity contribution >= 4 is 6.21 Å². The zero-order valence-corrected chi connectivity index (χ0v) is 13.1. The summed E-state index contributed by atoms with van der Waals surface area (Å²) in [4.78, 5) is 5.33. The van der Waals surface area contributed by atoms with Crippen LogP contribution in [-0.2, 0) is 11.4 Å². The number of rotatable bonds is 5. The Bertz CT molecular complexity index is 862. The summed E-state index contributed by atoms with van der Waals surface area (Å²) in [5, 5.41) is 13.0. The lowest BCUT2D eigenvalue weighted by Crippen LogP contribution is -1.90. The Kier molecular flexibility index (Phi) is 5.01. The van der Waals surface area contributed by atoms with Crippen molar-refractivity contribution < 1.29 is 4.84 Å². The summed E-state index contributed by atoms with van der Waals surface area (Å²) in [6.07, 6.45) is 1.57. The van der Waals surface area contributed by atoms with Crippen molar-refractivity contribution in [2.75, 3.05) is 0 Å². The maximum absolute atomic E-state index is 9.02. The monoisotopic (exact) mass is 312 g/mol. The van der Waals surface area contributed by atoms with Crippen LogP contribution in [0, 0.1) is 11.3 Å². The second-order valence-electron chi connectivity index (χ2n) is 5.27. The van der Waals surface area contributed by atoms with Gasteiger partial charge >= 0.3 is 0 Å². The van der Waals surface area contributed by atoms with Gasteiger partial charge in [-0.25, -0.2) is 0 Å². The molecule has 0 aromatic heterocycles. The molecule has 0 unspecified atom stereocenters. The van der Waals surface area contributed by atoms with Gasteiger partial charge in [0.15, 0.2) is 0 Å². The summed E-state index contributed by atoms with van der Waals surface area (Å²) in [5.74, 6) is 0. The standard InChI is InChI=1S/C21H16N2O/c22-14-20-8-4-5-9-21(20)15-23-24-16-17-10-12-19(13-11-17)18-6-2-1-3-7-18/h1-13,15H,16H2. The fourth-order valence-corrected chi connectivity index (χ4v) is 2.34. The molecule has 0 bridgehead atoms. The highest BCUT2D eigenvalue weighted by molar-refractivity contribution is 5.82. The van der Waals surface area contributed by atoms with Crippen molar-refractivity contribution in [1.29, 1.82) is 5.26 Å². The summed E-state index contributed by atoms with van der Waals surface area (Å²) in [6, 6.07) is 27.8. The van der Waals surface area contributed by atoms with Crippen LogP contribution in [-0.4, -0.2) is 6.21 Å². The van der Waals surface area contributed by atoms with Gasteiger partial charge in [0.25, 0.3) is 0 Å². The van der Waals surface area contributed by atoms with Gasteiger partial charge in [0.05, 0.1) is 17.8 Å². The number of hydrogen-bond donors (Lipinski definition) is 0. The van der Waals surface area contributed by atoms with Gasteiger partial charge in [-0.2, -0.15) is 5.26 Å². The first-order valence-corrected chi connectivity index (χ1v) is 7.65. The molecule has 0 aliphatic carbocycles. The minimum absolute atomic E-state index is 0.389. The minimum Gasteiger partial charge on any atom is -0.391 e. The van der Waals surface area contributed by atoms with Crippen LogP contribution in [0.2, 0.25) is 0 Å². The quantitative estimate of drug-likeness (QED) is 0.503. The SMILES string of the molecule is N#Cc1ccccc1C=NOCc1ccc(-c2ccccc2)cc1. The number of hydrogen-bond acceptors (Lipinski definition) is 3. The predicted molar refractivity (Wildman–Crippen MR) is 95.4 cm³/mol. The second kappa shape index (κ2) is 7.75. The Morgan fingerprint density at radius 3 is 2.25 bits per heavy atom. The lowest BCUT2D eigenvalue weighted by molar-refractivity contribution is 0.132. The fourth-order valence-electron chi connectivity index (χ4n) is 2.34. The van der Waals surface area contributed by atoms with Crippen LogP contribution >= 0.6 is 0 Å². The van der Waals surface area contributed by atoms with Gasteiger partial charge in [0.1, 0.15) is 6.61 Å². The molecule has 3 heteroatoms. The molecular formula is C21H16N2O. The highest BCUT2D eigenvalue weighted by atomic mass is 16.6. The number of nitriles is 1. The van der Waals surface area contributed by atoms with Crippen LogP contribution < -0.4 is 0 Å². The van der Waals surface area contributed by atoms with Crippen LogP contribution in [0.25, 0.3) is 11.1 Å². The highest BCUT2D eigenvalue weighted by Crippen LogP contribution is 2.19. The molecule has 0 N–H and O–H groups in total. The Hall–Kier alpha value is -3.38. The van der Waals surface area contributed by atoms with Crippen molar-refractivity contribution in [1.82, 2.24) is 0 Å². The highest BCUT2D eigenvalue weighted by Gasteiger charge is 1.99. The van der Waals surface area contributed by atoms with Crippen LogP contribution in [0.4, 0.5) is 0 Å². The molecule has 0 saturated heterocycles. The topological polar surface area (TPSA) is 45.4 Å². The molecule has 0 amide bonds. The first kappa shape index (κ1) is 15.5. The van der Waals surface area contributed by atoms with Gasteiger partial charge in [-0.1, -0.05) is 78.0 Å². The van der Waals surface area contributed by atoms with Gasteiger partial charge < -0.3 is 4.84 Å². The second-order valence-corrected chi connectivity index (χ2v) is 5.27. The van der Waals surface area contributed by atoms with E-state index in [1.54, 1.807) is 12.3 Å². The molecule has 0 spiro atoms. The van der Waals surface area contributed by atoms with Crippen molar-refractivity contribution in [3.05, 3.63) is 95.6 Å². The molecule has 3 aromatic rings. The Morgan fingerprint density at radius 2 is 1.50 bits per heavy atom. The van der Waals surface area contributed by atoms with Crippen molar-refractivity contribution in [3.63, 3.8) is 0 Å². The van der Waals surface area contributed by atoms with E-state index in [-0.39, 0.29) is 0 Å². The Labute approximate surface area is 141 Å². The lowest BCUT2D eigenvalue weighted by Gasteiger charge is -2.04. The zero-order chi connectivity index (χ0) is 16.6. The normalized spacial score (nSPS) is 10.5. The van der Waals surface area contributed by atoms with E-state index in [1.165, 1.54) is 11.1 Å². The fraction of sp³-hybridized carbons (Fsp3) is 0.0476. The van der Waals surface area contributed by atoms with E-state index in [0.29, 0.717) is 12.2 Å². The van der Waals surface area contributed by atoms with Crippen molar-refractivity contribution in [2.45, 2.75) is 6.61 Å². The van der Waals surface area contributed by atoms with Gasteiger partial charge in [-0.05, 0) is 22.8 Å². The third kappa shape index (κ3) is 3.88. The lowest BCUT2D eigenvalue weighted by atomic mass is 10.0. The number of oxime groups is 1. The molecule has 3 rings (SSSR count). The molecule has 0 heterocycles. The maximum Gasteiger partial charge on any atom is 0.142 e. The molecule has 0 saturated carbocycles. The average Bonchev–Trinajstić information content (AvgIpc) is 2.67. The largest absolute Gasteiger partial charge is 0.391 e. The average molecular weight is 312 g/mol. The zero-order valence-electron chi connectivity index (χ0n) is 13.1. The Balaban J connectivity index is 1.59. The molecule has 3 aromatic carbocycles. The summed E-state index contributed by atoms with van der Waals surface area (Å²) in [6.45, 7) is 0.389. The third-order valence-electron chi connectivity index (χ3n) is 3.64. The molecular weight excluding hydrogens is 296 g/mol. The molecule has 0 aliphatic heterocycles. The van der Waals surface area contributed by atoms with E-state index in [0.717, 1.165) is 11.1 Å². The third-order valence-corrected chi connectivity index (χ3v) is 3.64. The number of nitrogens with zero attached hydrogens (tertiary/aromatic N) is 2. The van der Waals surface area contributed by atoms with Crippen molar-refractivity contribution in [2.24, 2.45) is 5.16 Å². The molecule has 24 heavy (non-hydrogen) atoms. The minimum atomic E-state index is 0.389. The van der Waals surface area contributed by atoms with Crippen LogP contribution in [0.5, 0.6) is 0 Å². The maximum atomic E-state index is 9.02. The van der Waals surface area contributed by atoms with Crippen LogP contribution in [0.1, 0.15) is 16.7 Å². The smallest absolute Gasteiger partial charge is 0.142 e. The first-order valence-electron chi connectivity index (χ1n) is 7.65. The molecule has 0 aliphatic rings. The van der Waals surface area contributed by atoms with Gasteiger partial charge in [-0.3, -0.25) is 0 Å². The molecule has 116 valence electrons. The van der Waals surface area contributed by atoms with Crippen LogP contribution in [0.15, 0.2) is 84.0 Å². The van der Waals surface area contributed by atoms with E-state index in [2.05, 4.69) is 35.5 Å². The van der Waals surface area contributed by atoms with E-state index in [9.17, 15) is 0 Å². The van der Waals surface area contributed by atoms with E-state index in [1.807, 2.05) is 48.5 Å². The molecule has 0 fully saturated rings. The summed E-state index contributed by atoms with van der Waals surface area (Å²) < 4.78 is 0. The van der Waals surface area contributed by atoms with Crippen LogP contribution in [0.3, 0.4) is 0 Å². The van der Waals surface area contributed by atoms with Gasteiger partial charge in [-0.15, -0.1) is 0 Å². The molecule has 0 atom stereocenters. The first-order chi connectivity index (χ1) is 11.9. The van der Waals surface area contributed by atoms with Gasteiger partial charge in [0, 0.05) is 5.56 Å². The van der Waals surface area contributed by atoms with Gasteiger partial charge in [0.2, 0.25) is 0 Å². The summed E-state index contributed by atoms with van der Waals surface area (Å²) >= 11 is 0. The summed E-state index contributed by atoms with van der Waals surface area (Å²) in [7, 11) is 0. The van der Waals surface area contributed by atoms with Crippen molar-refractivity contribution in [3.8, 4) is 17.2 Å². The van der Waals surface area contributed by atoms with E-state index < -0.39 is 0 Å². The summed E-state index contributed by atoms with van der Waals surface area (Å²) in [5.41, 5.74) is 4.73. The number of benzene rings is 3. The molecule has 3 nitrogen and oxygen atoms in total. The van der Waals surface area contributed by atoms with E-state index in [4.69, 9.17) is 10.1 Å². The Morgan fingerprint density at radius 1 is 0.833 bits per heavy atom. The predicted octanol–water partition coefficient (Wildman–Crippen LogP) is 4.78.